The largest absolute Gasteiger partial charge is 0.337 e. The minimum atomic E-state index is -0.101. The molecule has 2 aromatic carbocycles. The third-order valence-corrected chi connectivity index (χ3v) is 6.02. The number of carbonyl (C=O) groups excluding carboxylic acids is 1. The summed E-state index contributed by atoms with van der Waals surface area (Å²) in [6.07, 6.45) is 1.09. The number of nitrogens with zero attached hydrogens (tertiary/aromatic N) is 5. The molecule has 1 heterocycles. The summed E-state index contributed by atoms with van der Waals surface area (Å²) in [5.74, 6) is 0.00281. The van der Waals surface area contributed by atoms with Crippen LogP contribution in [0.25, 0.3) is 10.4 Å². The zero-order chi connectivity index (χ0) is 20.8. The third-order valence-electron chi connectivity index (χ3n) is 5.28. The maximum absolute atomic E-state index is 13.0. The first-order valence-electron chi connectivity index (χ1n) is 9.49. The SMILES string of the molecule is CN(C(=O)Cc1ccc(Cl)c(Cl)c1)[C@H](CN1CCC(N=[N+]=[N-])C1)c1ccccc1. The summed E-state index contributed by atoms with van der Waals surface area (Å²) in [5.41, 5.74) is 10.6. The highest BCUT2D eigenvalue weighted by atomic mass is 35.5. The molecule has 0 spiro atoms. The molecule has 0 saturated carbocycles. The fourth-order valence-electron chi connectivity index (χ4n) is 3.64. The van der Waals surface area contributed by atoms with Crippen molar-refractivity contribution in [2.45, 2.75) is 24.9 Å². The Morgan fingerprint density at radius 3 is 2.72 bits per heavy atom. The summed E-state index contributed by atoms with van der Waals surface area (Å²) in [4.78, 5) is 20.0. The lowest BCUT2D eigenvalue weighted by molar-refractivity contribution is -0.131. The first-order valence-corrected chi connectivity index (χ1v) is 10.2. The standard InChI is InChI=1S/C21H23Cl2N5O/c1-27(21(29)12-15-7-8-18(22)19(23)11-15)20(16-5-3-2-4-6-16)14-28-10-9-17(13-28)25-26-24/h2-8,11,17,20H,9-10,12-14H2,1H3/t17?,20-/m1/s1. The zero-order valence-electron chi connectivity index (χ0n) is 16.2. The fourth-order valence-corrected chi connectivity index (χ4v) is 3.96. The van der Waals surface area contributed by atoms with Gasteiger partial charge in [-0.3, -0.25) is 4.79 Å². The van der Waals surface area contributed by atoms with Crippen LogP contribution in [0.15, 0.2) is 53.6 Å². The van der Waals surface area contributed by atoms with E-state index in [1.165, 1.54) is 0 Å². The molecule has 1 fully saturated rings. The zero-order valence-corrected chi connectivity index (χ0v) is 17.7. The van der Waals surface area contributed by atoms with Crippen molar-refractivity contribution in [2.75, 3.05) is 26.7 Å². The van der Waals surface area contributed by atoms with E-state index in [0.29, 0.717) is 23.1 Å². The van der Waals surface area contributed by atoms with Gasteiger partial charge in [-0.15, -0.1) is 0 Å². The summed E-state index contributed by atoms with van der Waals surface area (Å²) in [6, 6.07) is 15.2. The minimum absolute atomic E-state index is 0.00281. The van der Waals surface area contributed by atoms with Crippen molar-refractivity contribution in [2.24, 2.45) is 5.11 Å². The van der Waals surface area contributed by atoms with Crippen LogP contribution in [0.5, 0.6) is 0 Å². The summed E-state index contributed by atoms with van der Waals surface area (Å²) in [6.45, 7) is 2.25. The van der Waals surface area contributed by atoms with Gasteiger partial charge < -0.3 is 9.80 Å². The molecule has 1 aliphatic rings. The Kier molecular flexibility index (Phi) is 7.40. The summed E-state index contributed by atoms with van der Waals surface area (Å²) in [7, 11) is 1.83. The first kappa shape index (κ1) is 21.5. The van der Waals surface area contributed by atoms with Crippen molar-refractivity contribution in [3.63, 3.8) is 0 Å². The number of hydrogen-bond donors (Lipinski definition) is 0. The van der Waals surface area contributed by atoms with Gasteiger partial charge in [-0.25, -0.2) is 0 Å². The highest BCUT2D eigenvalue weighted by Gasteiger charge is 2.28. The lowest BCUT2D eigenvalue weighted by Gasteiger charge is -2.32. The average Bonchev–Trinajstić information content (AvgIpc) is 3.16. The molecule has 0 bridgehead atoms. The number of benzene rings is 2. The van der Waals surface area contributed by atoms with Crippen LogP contribution in [0.2, 0.25) is 10.0 Å². The van der Waals surface area contributed by atoms with Gasteiger partial charge in [0.05, 0.1) is 28.5 Å². The molecule has 29 heavy (non-hydrogen) atoms. The molecule has 2 atom stereocenters. The second kappa shape index (κ2) is 9.99. The number of likely N-dealkylation sites (N-methyl/N-ethyl adjacent to an activating group) is 1. The van der Waals surface area contributed by atoms with Crippen LogP contribution >= 0.6 is 23.2 Å². The number of halogens is 2. The summed E-state index contributed by atoms with van der Waals surface area (Å²) in [5, 5.41) is 4.76. The Labute approximate surface area is 180 Å². The van der Waals surface area contributed by atoms with Crippen LogP contribution in [-0.2, 0) is 11.2 Å². The predicted molar refractivity (Wildman–Crippen MR) is 116 cm³/mol. The monoisotopic (exact) mass is 431 g/mol. The Morgan fingerprint density at radius 1 is 1.28 bits per heavy atom. The van der Waals surface area contributed by atoms with Gasteiger partial charge in [-0.1, -0.05) is 64.7 Å². The fraction of sp³-hybridized carbons (Fsp3) is 0.381. The average molecular weight is 432 g/mol. The maximum Gasteiger partial charge on any atom is 0.227 e. The molecule has 6 nitrogen and oxygen atoms in total. The van der Waals surface area contributed by atoms with Crippen LogP contribution in [-0.4, -0.2) is 48.4 Å². The van der Waals surface area contributed by atoms with Crippen molar-refractivity contribution < 1.29 is 4.79 Å². The van der Waals surface area contributed by atoms with E-state index in [1.807, 2.05) is 43.4 Å². The smallest absolute Gasteiger partial charge is 0.227 e. The lowest BCUT2D eigenvalue weighted by atomic mass is 10.0. The van der Waals surface area contributed by atoms with Crippen LogP contribution in [0.3, 0.4) is 0 Å². The molecule has 0 N–H and O–H groups in total. The summed E-state index contributed by atoms with van der Waals surface area (Å²) >= 11 is 12.1. The minimum Gasteiger partial charge on any atom is -0.337 e. The Bertz CT molecular complexity index is 901. The van der Waals surface area contributed by atoms with Gasteiger partial charge in [-0.05, 0) is 41.8 Å². The molecule has 0 aromatic heterocycles. The van der Waals surface area contributed by atoms with Gasteiger partial charge in [0.15, 0.2) is 0 Å². The Balaban J connectivity index is 1.75. The van der Waals surface area contributed by atoms with Gasteiger partial charge in [0.25, 0.3) is 0 Å². The van der Waals surface area contributed by atoms with Gasteiger partial charge in [0.2, 0.25) is 5.91 Å². The number of azide groups is 1. The van der Waals surface area contributed by atoms with Gasteiger partial charge >= 0.3 is 0 Å². The topological polar surface area (TPSA) is 72.3 Å². The van der Waals surface area contributed by atoms with Gasteiger partial charge in [0.1, 0.15) is 0 Å². The normalized spacial score (nSPS) is 17.6. The molecular formula is C21H23Cl2N5O. The lowest BCUT2D eigenvalue weighted by Crippen LogP contribution is -2.39. The highest BCUT2D eigenvalue weighted by Crippen LogP contribution is 2.26. The first-order chi connectivity index (χ1) is 14.0. The third kappa shape index (κ3) is 5.64. The molecule has 8 heteroatoms. The van der Waals surface area contributed by atoms with E-state index in [0.717, 1.165) is 24.1 Å². The van der Waals surface area contributed by atoms with E-state index in [2.05, 4.69) is 14.9 Å². The molecule has 1 unspecified atom stereocenters. The Hall–Kier alpha value is -2.24. The van der Waals surface area contributed by atoms with E-state index >= 15 is 0 Å². The summed E-state index contributed by atoms with van der Waals surface area (Å²) < 4.78 is 0. The van der Waals surface area contributed by atoms with Crippen LogP contribution in [0.4, 0.5) is 0 Å². The van der Waals surface area contributed by atoms with E-state index < -0.39 is 0 Å². The van der Waals surface area contributed by atoms with E-state index in [-0.39, 0.29) is 24.4 Å². The molecule has 1 saturated heterocycles. The van der Waals surface area contributed by atoms with E-state index in [9.17, 15) is 4.79 Å². The van der Waals surface area contributed by atoms with E-state index in [4.69, 9.17) is 28.7 Å². The second-order valence-corrected chi connectivity index (χ2v) is 8.08. The molecule has 1 aliphatic heterocycles. The van der Waals surface area contributed by atoms with Crippen molar-refractivity contribution in [1.29, 1.82) is 0 Å². The molecule has 2 aromatic rings. The van der Waals surface area contributed by atoms with Gasteiger partial charge in [0, 0.05) is 25.0 Å². The highest BCUT2D eigenvalue weighted by molar-refractivity contribution is 6.42. The van der Waals surface area contributed by atoms with Crippen LogP contribution in [0, 0.1) is 0 Å². The van der Waals surface area contributed by atoms with Crippen LogP contribution < -0.4 is 0 Å². The van der Waals surface area contributed by atoms with Crippen molar-refractivity contribution in [1.82, 2.24) is 9.80 Å². The maximum atomic E-state index is 13.0. The molecule has 152 valence electrons. The number of carbonyl (C=O) groups is 1. The van der Waals surface area contributed by atoms with Crippen LogP contribution in [0.1, 0.15) is 23.6 Å². The van der Waals surface area contributed by atoms with E-state index in [1.54, 1.807) is 17.0 Å². The van der Waals surface area contributed by atoms with Crippen molar-refractivity contribution >= 4 is 29.1 Å². The second-order valence-electron chi connectivity index (χ2n) is 7.26. The molecule has 1 amide bonds. The molecular weight excluding hydrogens is 409 g/mol. The molecule has 3 rings (SSSR count). The van der Waals surface area contributed by atoms with Gasteiger partial charge in [-0.2, -0.15) is 0 Å². The van der Waals surface area contributed by atoms with Crippen molar-refractivity contribution in [3.8, 4) is 0 Å². The predicted octanol–water partition coefficient (Wildman–Crippen LogP) is 5.12. The quantitative estimate of drug-likeness (QED) is 0.346. The van der Waals surface area contributed by atoms with Crippen molar-refractivity contribution in [3.05, 3.63) is 80.1 Å². The number of hydrogen-bond acceptors (Lipinski definition) is 3. The number of amides is 1. The number of likely N-dealkylation sites (tertiary alicyclic amines) is 1. The number of rotatable bonds is 7. The molecule has 0 radical (unpaired) electrons. The Morgan fingerprint density at radius 2 is 2.03 bits per heavy atom. The molecule has 0 aliphatic carbocycles.